The highest BCUT2D eigenvalue weighted by atomic mass is 16.5. The molecule has 0 aromatic carbocycles. The molecule has 1 fully saturated rings. The molecule has 4 heteroatoms. The van der Waals surface area contributed by atoms with E-state index in [0.29, 0.717) is 26.2 Å². The number of aliphatic hydroxyl groups is 1. The minimum Gasteiger partial charge on any atom is -0.390 e. The summed E-state index contributed by atoms with van der Waals surface area (Å²) in [6, 6.07) is 0. The summed E-state index contributed by atoms with van der Waals surface area (Å²) in [7, 11) is 1.63. The minimum absolute atomic E-state index is 0.453. The van der Waals surface area contributed by atoms with Gasteiger partial charge < -0.3 is 20.3 Å². The lowest BCUT2D eigenvalue weighted by Crippen LogP contribution is -2.51. The van der Waals surface area contributed by atoms with E-state index in [-0.39, 0.29) is 0 Å². The summed E-state index contributed by atoms with van der Waals surface area (Å²) >= 11 is 0. The second kappa shape index (κ2) is 5.66. The van der Waals surface area contributed by atoms with E-state index in [1.165, 1.54) is 0 Å². The van der Waals surface area contributed by atoms with Crippen molar-refractivity contribution in [2.75, 3.05) is 26.9 Å². The van der Waals surface area contributed by atoms with E-state index < -0.39 is 11.7 Å². The summed E-state index contributed by atoms with van der Waals surface area (Å²) in [6.07, 6.45) is 3.09. The van der Waals surface area contributed by atoms with Crippen LogP contribution in [0.5, 0.6) is 0 Å². The monoisotopic (exact) mass is 203 g/mol. The topological polar surface area (TPSA) is 64.7 Å². The molecule has 1 heterocycles. The molecular weight excluding hydrogens is 182 g/mol. The maximum atomic E-state index is 9.97. The largest absolute Gasteiger partial charge is 0.390 e. The molecule has 0 bridgehead atoms. The van der Waals surface area contributed by atoms with E-state index in [4.69, 9.17) is 15.2 Å². The molecule has 0 radical (unpaired) electrons. The Labute approximate surface area is 85.4 Å². The molecule has 4 nitrogen and oxygen atoms in total. The summed E-state index contributed by atoms with van der Waals surface area (Å²) in [4.78, 5) is 0. The summed E-state index contributed by atoms with van der Waals surface area (Å²) < 4.78 is 10.8. The molecule has 2 unspecified atom stereocenters. The number of nitrogens with two attached hydrogens (primary N) is 1. The molecule has 1 aliphatic rings. The average Bonchev–Trinajstić information content (AvgIpc) is 2.20. The SMILES string of the molecule is COCC1(C(O)CCN)CCCCO1. The van der Waals surface area contributed by atoms with Gasteiger partial charge in [0.2, 0.25) is 0 Å². The molecule has 0 aromatic rings. The van der Waals surface area contributed by atoms with Crippen molar-refractivity contribution in [3.8, 4) is 0 Å². The Bertz CT molecular complexity index is 152. The standard InChI is InChI=1S/C10H21NO3/c1-13-8-10(9(12)4-6-11)5-2-3-7-14-10/h9,12H,2-8,11H2,1H3. The van der Waals surface area contributed by atoms with Crippen LogP contribution < -0.4 is 5.73 Å². The van der Waals surface area contributed by atoms with Crippen molar-refractivity contribution in [1.82, 2.24) is 0 Å². The Balaban J connectivity index is 2.58. The fourth-order valence-corrected chi connectivity index (χ4v) is 2.01. The van der Waals surface area contributed by atoms with Gasteiger partial charge in [-0.2, -0.15) is 0 Å². The number of aliphatic hydroxyl groups excluding tert-OH is 1. The van der Waals surface area contributed by atoms with Gasteiger partial charge in [-0.3, -0.25) is 0 Å². The van der Waals surface area contributed by atoms with Crippen molar-refractivity contribution in [2.24, 2.45) is 5.73 Å². The molecule has 1 aliphatic heterocycles. The van der Waals surface area contributed by atoms with Gasteiger partial charge in [-0.15, -0.1) is 0 Å². The van der Waals surface area contributed by atoms with Crippen molar-refractivity contribution >= 4 is 0 Å². The molecule has 0 aromatic heterocycles. The Morgan fingerprint density at radius 1 is 1.57 bits per heavy atom. The minimum atomic E-state index is -0.508. The first-order valence-electron chi connectivity index (χ1n) is 5.26. The van der Waals surface area contributed by atoms with Gasteiger partial charge in [-0.05, 0) is 32.2 Å². The maximum absolute atomic E-state index is 9.97. The smallest absolute Gasteiger partial charge is 0.117 e. The fourth-order valence-electron chi connectivity index (χ4n) is 2.01. The number of methoxy groups -OCH3 is 1. The van der Waals surface area contributed by atoms with Gasteiger partial charge in [0.05, 0.1) is 12.7 Å². The molecule has 1 saturated heterocycles. The van der Waals surface area contributed by atoms with Crippen LogP contribution in [-0.4, -0.2) is 43.7 Å². The first-order chi connectivity index (χ1) is 6.75. The van der Waals surface area contributed by atoms with Gasteiger partial charge in [0.15, 0.2) is 0 Å². The molecular formula is C10H21NO3. The Morgan fingerprint density at radius 2 is 2.36 bits per heavy atom. The molecule has 84 valence electrons. The second-order valence-electron chi connectivity index (χ2n) is 3.90. The second-order valence-corrected chi connectivity index (χ2v) is 3.90. The Hall–Kier alpha value is -0.160. The third kappa shape index (κ3) is 2.67. The quantitative estimate of drug-likeness (QED) is 0.673. The van der Waals surface area contributed by atoms with Crippen LogP contribution in [0.15, 0.2) is 0 Å². The van der Waals surface area contributed by atoms with Crippen LogP contribution in [0.25, 0.3) is 0 Å². The van der Waals surface area contributed by atoms with Crippen LogP contribution in [0.1, 0.15) is 25.7 Å². The van der Waals surface area contributed by atoms with Gasteiger partial charge >= 0.3 is 0 Å². The predicted octanol–water partition coefficient (Wildman–Crippen LogP) is 0.282. The van der Waals surface area contributed by atoms with Crippen LogP contribution in [0.4, 0.5) is 0 Å². The average molecular weight is 203 g/mol. The highest BCUT2D eigenvalue weighted by Gasteiger charge is 2.40. The number of ether oxygens (including phenoxy) is 2. The van der Waals surface area contributed by atoms with E-state index in [1.807, 2.05) is 0 Å². The van der Waals surface area contributed by atoms with Crippen LogP contribution in [-0.2, 0) is 9.47 Å². The molecule has 0 aliphatic carbocycles. The van der Waals surface area contributed by atoms with Crippen molar-refractivity contribution in [3.63, 3.8) is 0 Å². The van der Waals surface area contributed by atoms with Gasteiger partial charge in [0.1, 0.15) is 5.60 Å². The molecule has 0 spiro atoms. The van der Waals surface area contributed by atoms with Gasteiger partial charge in [0, 0.05) is 13.7 Å². The third-order valence-corrected chi connectivity index (χ3v) is 2.82. The van der Waals surface area contributed by atoms with Gasteiger partial charge in [-0.1, -0.05) is 0 Å². The van der Waals surface area contributed by atoms with Gasteiger partial charge in [0.25, 0.3) is 0 Å². The van der Waals surface area contributed by atoms with E-state index in [2.05, 4.69) is 0 Å². The zero-order valence-electron chi connectivity index (χ0n) is 8.87. The van der Waals surface area contributed by atoms with Crippen LogP contribution in [0.2, 0.25) is 0 Å². The van der Waals surface area contributed by atoms with Crippen LogP contribution in [0, 0.1) is 0 Å². The fraction of sp³-hybridized carbons (Fsp3) is 1.00. The lowest BCUT2D eigenvalue weighted by atomic mass is 9.87. The highest BCUT2D eigenvalue weighted by Crippen LogP contribution is 2.30. The molecule has 2 atom stereocenters. The van der Waals surface area contributed by atoms with Crippen LogP contribution in [0.3, 0.4) is 0 Å². The zero-order chi connectivity index (χ0) is 10.4. The molecule has 3 N–H and O–H groups in total. The van der Waals surface area contributed by atoms with Crippen molar-refractivity contribution in [1.29, 1.82) is 0 Å². The van der Waals surface area contributed by atoms with Crippen molar-refractivity contribution < 1.29 is 14.6 Å². The molecule has 14 heavy (non-hydrogen) atoms. The Morgan fingerprint density at radius 3 is 2.86 bits per heavy atom. The normalized spacial score (nSPS) is 30.2. The first kappa shape index (κ1) is 11.9. The summed E-state index contributed by atoms with van der Waals surface area (Å²) in [5.41, 5.74) is 4.93. The van der Waals surface area contributed by atoms with E-state index in [9.17, 15) is 5.11 Å². The summed E-state index contributed by atoms with van der Waals surface area (Å²) in [5.74, 6) is 0. The molecule has 0 amide bonds. The molecule has 0 saturated carbocycles. The lowest BCUT2D eigenvalue weighted by Gasteiger charge is -2.40. The molecule has 1 rings (SSSR count). The van der Waals surface area contributed by atoms with Gasteiger partial charge in [-0.25, -0.2) is 0 Å². The summed E-state index contributed by atoms with van der Waals surface area (Å²) in [6.45, 7) is 1.65. The lowest BCUT2D eigenvalue weighted by molar-refractivity contribution is -0.175. The predicted molar refractivity (Wildman–Crippen MR) is 54.1 cm³/mol. The number of rotatable bonds is 5. The van der Waals surface area contributed by atoms with E-state index in [1.54, 1.807) is 7.11 Å². The van der Waals surface area contributed by atoms with Crippen LogP contribution >= 0.6 is 0 Å². The highest BCUT2D eigenvalue weighted by molar-refractivity contribution is 4.90. The van der Waals surface area contributed by atoms with E-state index >= 15 is 0 Å². The van der Waals surface area contributed by atoms with Crippen molar-refractivity contribution in [3.05, 3.63) is 0 Å². The maximum Gasteiger partial charge on any atom is 0.117 e. The van der Waals surface area contributed by atoms with E-state index in [0.717, 1.165) is 19.3 Å². The Kier molecular flexibility index (Phi) is 4.81. The zero-order valence-corrected chi connectivity index (χ0v) is 8.87. The van der Waals surface area contributed by atoms with Crippen molar-refractivity contribution in [2.45, 2.75) is 37.4 Å². The third-order valence-electron chi connectivity index (χ3n) is 2.82. The number of hydrogen-bond donors (Lipinski definition) is 2. The summed E-state index contributed by atoms with van der Waals surface area (Å²) in [5, 5.41) is 9.97. The first-order valence-corrected chi connectivity index (χ1v) is 5.26. The number of hydrogen-bond acceptors (Lipinski definition) is 4.